The second-order valence-electron chi connectivity index (χ2n) is 8.85. The third-order valence-corrected chi connectivity index (χ3v) is 6.42. The molecule has 0 amide bonds. The first-order valence-electron chi connectivity index (χ1n) is 11.1. The van der Waals surface area contributed by atoms with Crippen molar-refractivity contribution in [1.82, 2.24) is 9.97 Å². The Kier molecular flexibility index (Phi) is 6.50. The number of nitrogens with zero attached hydrogens (tertiary/aromatic N) is 3. The van der Waals surface area contributed by atoms with Crippen molar-refractivity contribution in [3.8, 4) is 11.6 Å². The molecule has 29 heavy (non-hydrogen) atoms. The maximum Gasteiger partial charge on any atom is 0.246 e. The zero-order valence-electron chi connectivity index (χ0n) is 19.5. The molecule has 4 nitrogen and oxygen atoms in total. The van der Waals surface area contributed by atoms with E-state index in [9.17, 15) is 0 Å². The Morgan fingerprint density at radius 2 is 1.59 bits per heavy atom. The maximum absolute atomic E-state index is 6.49. The third-order valence-electron chi connectivity index (χ3n) is 6.42. The Labute approximate surface area is 176 Å². The van der Waals surface area contributed by atoms with Gasteiger partial charge in [0.15, 0.2) is 0 Å². The van der Waals surface area contributed by atoms with Gasteiger partial charge in [0.05, 0.1) is 5.69 Å². The van der Waals surface area contributed by atoms with Gasteiger partial charge in [0.1, 0.15) is 17.3 Å². The van der Waals surface area contributed by atoms with Crippen molar-refractivity contribution < 1.29 is 4.74 Å². The monoisotopic (exact) mass is 395 g/mol. The van der Waals surface area contributed by atoms with E-state index in [2.05, 4.69) is 65.6 Å². The van der Waals surface area contributed by atoms with Crippen molar-refractivity contribution in [2.75, 3.05) is 11.9 Å². The number of aryl methyl sites for hydroxylation is 4. The lowest BCUT2D eigenvalue weighted by Gasteiger charge is -2.29. The van der Waals surface area contributed by atoms with Crippen molar-refractivity contribution in [2.24, 2.45) is 5.92 Å². The fourth-order valence-corrected chi connectivity index (χ4v) is 5.16. The molecule has 3 rings (SSSR count). The van der Waals surface area contributed by atoms with Gasteiger partial charge in [-0.25, -0.2) is 4.98 Å². The van der Waals surface area contributed by atoms with Crippen LogP contribution in [0.25, 0.3) is 0 Å². The molecule has 1 aromatic carbocycles. The Balaban J connectivity index is 2.09. The van der Waals surface area contributed by atoms with Gasteiger partial charge in [-0.1, -0.05) is 44.4 Å². The average Bonchev–Trinajstić information content (AvgIpc) is 2.88. The molecule has 1 aliphatic heterocycles. The summed E-state index contributed by atoms with van der Waals surface area (Å²) in [5, 5.41) is 0. The molecule has 2 atom stereocenters. The molecule has 2 aromatic rings. The standard InChI is InChI=1S/C25H37N3O/c1-9-11-20(12-10-2)21-18(6)28(8)23-22(21)26-19(7)27-25(23)29-24-16(4)13-15(3)14-17(24)5/h13-14,18,20-21H,9-12H2,1-8H3. The van der Waals surface area contributed by atoms with E-state index in [-0.39, 0.29) is 0 Å². The first-order chi connectivity index (χ1) is 13.8. The molecule has 0 spiro atoms. The van der Waals surface area contributed by atoms with Crippen LogP contribution in [-0.4, -0.2) is 23.1 Å². The molecular formula is C25H37N3O. The lowest BCUT2D eigenvalue weighted by Crippen LogP contribution is -2.31. The van der Waals surface area contributed by atoms with Crippen molar-refractivity contribution in [3.05, 3.63) is 40.3 Å². The summed E-state index contributed by atoms with van der Waals surface area (Å²) in [6.07, 6.45) is 4.90. The molecule has 0 bridgehead atoms. The van der Waals surface area contributed by atoms with Crippen LogP contribution in [0.15, 0.2) is 12.1 Å². The second-order valence-corrected chi connectivity index (χ2v) is 8.85. The summed E-state index contributed by atoms with van der Waals surface area (Å²) >= 11 is 0. The lowest BCUT2D eigenvalue weighted by molar-refractivity contribution is 0.335. The second kappa shape index (κ2) is 8.73. The van der Waals surface area contributed by atoms with E-state index in [0.29, 0.717) is 23.8 Å². The van der Waals surface area contributed by atoms with E-state index in [4.69, 9.17) is 14.7 Å². The minimum Gasteiger partial charge on any atom is -0.436 e. The van der Waals surface area contributed by atoms with Crippen LogP contribution in [0.5, 0.6) is 11.6 Å². The molecular weight excluding hydrogens is 358 g/mol. The van der Waals surface area contributed by atoms with Crippen LogP contribution in [-0.2, 0) is 0 Å². The Hall–Kier alpha value is -2.10. The van der Waals surface area contributed by atoms with Gasteiger partial charge in [-0.05, 0) is 64.5 Å². The Morgan fingerprint density at radius 3 is 2.14 bits per heavy atom. The van der Waals surface area contributed by atoms with Crippen LogP contribution >= 0.6 is 0 Å². The molecule has 0 radical (unpaired) electrons. The molecule has 0 saturated heterocycles. The molecule has 0 aliphatic carbocycles. The van der Waals surface area contributed by atoms with Gasteiger partial charge in [0.25, 0.3) is 0 Å². The Morgan fingerprint density at radius 1 is 1.00 bits per heavy atom. The predicted octanol–water partition coefficient (Wildman–Crippen LogP) is 6.64. The number of likely N-dealkylation sites (N-methyl/N-ethyl adjacent to an activating group) is 1. The average molecular weight is 396 g/mol. The summed E-state index contributed by atoms with van der Waals surface area (Å²) in [6.45, 7) is 15.2. The maximum atomic E-state index is 6.49. The molecule has 0 N–H and O–H groups in total. The minimum absolute atomic E-state index is 0.395. The lowest BCUT2D eigenvalue weighted by atomic mass is 9.80. The zero-order valence-corrected chi connectivity index (χ0v) is 19.5. The van der Waals surface area contributed by atoms with E-state index in [1.165, 1.54) is 36.9 Å². The number of benzene rings is 1. The van der Waals surface area contributed by atoms with Crippen molar-refractivity contribution in [2.45, 2.75) is 86.1 Å². The number of anilines is 1. The van der Waals surface area contributed by atoms with E-state index in [1.54, 1.807) is 0 Å². The molecule has 2 unspecified atom stereocenters. The summed E-state index contributed by atoms with van der Waals surface area (Å²) in [4.78, 5) is 12.0. The zero-order chi connectivity index (χ0) is 21.3. The quantitative estimate of drug-likeness (QED) is 0.526. The smallest absolute Gasteiger partial charge is 0.246 e. The van der Waals surface area contributed by atoms with Gasteiger partial charge in [0.2, 0.25) is 5.88 Å². The number of hydrogen-bond donors (Lipinski definition) is 0. The molecule has 4 heteroatoms. The van der Waals surface area contributed by atoms with Crippen molar-refractivity contribution in [1.29, 1.82) is 0 Å². The SMILES string of the molecule is CCCC(CCC)C1c2nc(C)nc(Oc3c(C)cc(C)cc3C)c2N(C)C1C. The van der Waals surface area contributed by atoms with Gasteiger partial charge in [0, 0.05) is 19.0 Å². The topological polar surface area (TPSA) is 38.3 Å². The summed E-state index contributed by atoms with van der Waals surface area (Å²) in [6, 6.07) is 4.74. The van der Waals surface area contributed by atoms with Crippen molar-refractivity contribution in [3.63, 3.8) is 0 Å². The fourth-order valence-electron chi connectivity index (χ4n) is 5.16. The minimum atomic E-state index is 0.395. The van der Waals surface area contributed by atoms with E-state index >= 15 is 0 Å². The first kappa shape index (κ1) is 21.6. The Bertz CT molecular complexity index is 848. The van der Waals surface area contributed by atoms with Crippen LogP contribution in [0.3, 0.4) is 0 Å². The summed E-state index contributed by atoms with van der Waals surface area (Å²) in [7, 11) is 2.17. The molecule has 1 aromatic heterocycles. The number of hydrogen-bond acceptors (Lipinski definition) is 4. The van der Waals surface area contributed by atoms with Gasteiger partial charge in [-0.3, -0.25) is 0 Å². The molecule has 158 valence electrons. The number of ether oxygens (including phenoxy) is 1. The van der Waals surface area contributed by atoms with Crippen molar-refractivity contribution >= 4 is 5.69 Å². The molecule has 2 heterocycles. The van der Waals surface area contributed by atoms with Gasteiger partial charge >= 0.3 is 0 Å². The first-order valence-corrected chi connectivity index (χ1v) is 11.1. The van der Waals surface area contributed by atoms with Crippen LogP contribution in [0.2, 0.25) is 0 Å². The third kappa shape index (κ3) is 4.12. The largest absolute Gasteiger partial charge is 0.436 e. The highest BCUT2D eigenvalue weighted by Crippen LogP contribution is 2.50. The van der Waals surface area contributed by atoms with Crippen LogP contribution in [0.1, 0.15) is 80.6 Å². The highest BCUT2D eigenvalue weighted by atomic mass is 16.5. The van der Waals surface area contributed by atoms with E-state index in [0.717, 1.165) is 28.4 Å². The van der Waals surface area contributed by atoms with Gasteiger partial charge in [-0.15, -0.1) is 0 Å². The van der Waals surface area contributed by atoms with E-state index < -0.39 is 0 Å². The predicted molar refractivity (Wildman–Crippen MR) is 121 cm³/mol. The summed E-state index contributed by atoms with van der Waals surface area (Å²) in [5.74, 6) is 3.48. The van der Waals surface area contributed by atoms with Gasteiger partial charge < -0.3 is 9.64 Å². The fraction of sp³-hybridized carbons (Fsp3) is 0.600. The highest BCUT2D eigenvalue weighted by molar-refractivity contribution is 5.66. The molecule has 0 saturated carbocycles. The number of rotatable bonds is 7. The molecule has 1 aliphatic rings. The number of fused-ring (bicyclic) bond motifs is 1. The number of aromatic nitrogens is 2. The highest BCUT2D eigenvalue weighted by Gasteiger charge is 2.42. The molecule has 0 fully saturated rings. The summed E-state index contributed by atoms with van der Waals surface area (Å²) in [5.41, 5.74) is 5.80. The normalized spacial score (nSPS) is 18.4. The van der Waals surface area contributed by atoms with Crippen LogP contribution in [0.4, 0.5) is 5.69 Å². The summed E-state index contributed by atoms with van der Waals surface area (Å²) < 4.78 is 6.49. The van der Waals surface area contributed by atoms with Crippen LogP contribution in [0, 0.1) is 33.6 Å². The van der Waals surface area contributed by atoms with Crippen LogP contribution < -0.4 is 9.64 Å². The van der Waals surface area contributed by atoms with E-state index in [1.807, 2.05) is 6.92 Å². The van der Waals surface area contributed by atoms with Gasteiger partial charge in [-0.2, -0.15) is 4.98 Å².